The van der Waals surface area contributed by atoms with Crippen molar-refractivity contribution in [3.8, 4) is 0 Å². The molecule has 0 spiro atoms. The third-order valence-electron chi connectivity index (χ3n) is 3.70. The summed E-state index contributed by atoms with van der Waals surface area (Å²) in [5.41, 5.74) is 0. The van der Waals surface area contributed by atoms with Crippen LogP contribution in [0.3, 0.4) is 0 Å². The van der Waals surface area contributed by atoms with Gasteiger partial charge in [-0.25, -0.2) is 0 Å². The number of hydrogen-bond donors (Lipinski definition) is 1. The minimum absolute atomic E-state index is 0.255. The molecule has 4 atom stereocenters. The van der Waals surface area contributed by atoms with Crippen LogP contribution in [0.2, 0.25) is 0 Å². The zero-order valence-corrected chi connectivity index (χ0v) is 7.58. The van der Waals surface area contributed by atoms with Crippen LogP contribution >= 0.6 is 0 Å². The van der Waals surface area contributed by atoms with Gasteiger partial charge in [0.25, 0.3) is 0 Å². The fourth-order valence-corrected chi connectivity index (χ4v) is 3.07. The predicted molar refractivity (Wildman–Crippen MR) is 49.8 cm³/mol. The van der Waals surface area contributed by atoms with Gasteiger partial charge in [0.15, 0.2) is 0 Å². The Morgan fingerprint density at radius 3 is 2.75 bits per heavy atom. The number of aliphatic hydroxyl groups excluding tert-OH is 1. The van der Waals surface area contributed by atoms with Crippen molar-refractivity contribution >= 4 is 0 Å². The standard InChI is InChI=1S/C11H18O/c1-2-11(12)7-10-6-8-3-4-9(10)5-8/h2,8-12H,1,3-7H2/t8-,9-,10-,11+/m1/s1. The summed E-state index contributed by atoms with van der Waals surface area (Å²) in [6, 6.07) is 0. The van der Waals surface area contributed by atoms with E-state index in [-0.39, 0.29) is 6.10 Å². The molecule has 68 valence electrons. The Kier molecular flexibility index (Phi) is 2.22. The lowest BCUT2D eigenvalue weighted by Gasteiger charge is -2.22. The van der Waals surface area contributed by atoms with Crippen LogP contribution in [-0.4, -0.2) is 11.2 Å². The van der Waals surface area contributed by atoms with Crippen LogP contribution in [-0.2, 0) is 0 Å². The first-order valence-corrected chi connectivity index (χ1v) is 5.10. The Labute approximate surface area is 74.5 Å². The van der Waals surface area contributed by atoms with Crippen molar-refractivity contribution in [3.05, 3.63) is 12.7 Å². The monoisotopic (exact) mass is 166 g/mol. The lowest BCUT2D eigenvalue weighted by molar-refractivity contribution is 0.163. The summed E-state index contributed by atoms with van der Waals surface area (Å²) >= 11 is 0. The zero-order chi connectivity index (χ0) is 8.55. The van der Waals surface area contributed by atoms with E-state index < -0.39 is 0 Å². The molecule has 12 heavy (non-hydrogen) atoms. The van der Waals surface area contributed by atoms with Crippen molar-refractivity contribution in [1.29, 1.82) is 0 Å². The number of hydrogen-bond acceptors (Lipinski definition) is 1. The van der Waals surface area contributed by atoms with E-state index in [1.165, 1.54) is 25.7 Å². The molecule has 0 aliphatic heterocycles. The quantitative estimate of drug-likeness (QED) is 0.638. The molecule has 0 radical (unpaired) electrons. The maximum Gasteiger partial charge on any atom is 0.0721 e. The minimum atomic E-state index is -0.255. The van der Waals surface area contributed by atoms with Crippen molar-refractivity contribution in [2.45, 2.75) is 38.2 Å². The normalized spacial score (nSPS) is 41.6. The van der Waals surface area contributed by atoms with Gasteiger partial charge < -0.3 is 5.11 Å². The Morgan fingerprint density at radius 2 is 2.25 bits per heavy atom. The molecule has 2 aliphatic rings. The van der Waals surface area contributed by atoms with Crippen molar-refractivity contribution in [3.63, 3.8) is 0 Å². The van der Waals surface area contributed by atoms with Gasteiger partial charge in [-0.3, -0.25) is 0 Å². The fourth-order valence-electron chi connectivity index (χ4n) is 3.07. The van der Waals surface area contributed by atoms with Gasteiger partial charge in [-0.15, -0.1) is 6.58 Å². The Balaban J connectivity index is 1.86. The molecule has 1 heteroatoms. The minimum Gasteiger partial charge on any atom is -0.389 e. The largest absolute Gasteiger partial charge is 0.389 e. The van der Waals surface area contributed by atoms with Gasteiger partial charge >= 0.3 is 0 Å². The second-order valence-electron chi connectivity index (χ2n) is 4.47. The molecule has 1 nitrogen and oxygen atoms in total. The number of aliphatic hydroxyl groups is 1. The van der Waals surface area contributed by atoms with Gasteiger partial charge in [-0.1, -0.05) is 12.5 Å². The maximum absolute atomic E-state index is 9.43. The molecule has 0 saturated heterocycles. The van der Waals surface area contributed by atoms with E-state index in [4.69, 9.17) is 0 Å². The first kappa shape index (κ1) is 8.31. The Morgan fingerprint density at radius 1 is 1.42 bits per heavy atom. The molecule has 2 saturated carbocycles. The molecule has 0 amide bonds. The molecule has 2 bridgehead atoms. The third-order valence-corrected chi connectivity index (χ3v) is 3.70. The van der Waals surface area contributed by atoms with E-state index in [0.717, 1.165) is 24.2 Å². The molecule has 0 heterocycles. The highest BCUT2D eigenvalue weighted by Gasteiger charge is 2.39. The second-order valence-corrected chi connectivity index (χ2v) is 4.47. The van der Waals surface area contributed by atoms with Crippen LogP contribution in [0.5, 0.6) is 0 Å². The molecule has 0 aromatic carbocycles. The average molecular weight is 166 g/mol. The van der Waals surface area contributed by atoms with Crippen LogP contribution < -0.4 is 0 Å². The lowest BCUT2D eigenvalue weighted by atomic mass is 9.85. The zero-order valence-electron chi connectivity index (χ0n) is 7.58. The van der Waals surface area contributed by atoms with Gasteiger partial charge in [-0.05, 0) is 43.4 Å². The van der Waals surface area contributed by atoms with E-state index in [1.54, 1.807) is 6.08 Å². The molecule has 2 aliphatic carbocycles. The van der Waals surface area contributed by atoms with Crippen molar-refractivity contribution in [2.24, 2.45) is 17.8 Å². The van der Waals surface area contributed by atoms with E-state index >= 15 is 0 Å². The first-order chi connectivity index (χ1) is 5.79. The summed E-state index contributed by atoms with van der Waals surface area (Å²) in [6.07, 6.45) is 8.06. The highest BCUT2D eigenvalue weighted by Crippen LogP contribution is 2.49. The van der Waals surface area contributed by atoms with Crippen molar-refractivity contribution in [2.75, 3.05) is 0 Å². The summed E-state index contributed by atoms with van der Waals surface area (Å²) < 4.78 is 0. The maximum atomic E-state index is 9.43. The Hall–Kier alpha value is -0.300. The molecule has 0 unspecified atom stereocenters. The van der Waals surface area contributed by atoms with Gasteiger partial charge in [0, 0.05) is 0 Å². The molecule has 2 fully saturated rings. The van der Waals surface area contributed by atoms with E-state index in [9.17, 15) is 5.11 Å². The summed E-state index contributed by atoms with van der Waals surface area (Å²) in [5.74, 6) is 2.73. The molecular weight excluding hydrogens is 148 g/mol. The summed E-state index contributed by atoms with van der Waals surface area (Å²) in [5, 5.41) is 9.43. The van der Waals surface area contributed by atoms with Crippen LogP contribution in [0.4, 0.5) is 0 Å². The van der Waals surface area contributed by atoms with Crippen molar-refractivity contribution < 1.29 is 5.11 Å². The first-order valence-electron chi connectivity index (χ1n) is 5.10. The SMILES string of the molecule is C=C[C@H](O)C[C@H]1C[C@@H]2CC[C@@H]1C2. The molecule has 2 rings (SSSR count). The summed E-state index contributed by atoms with van der Waals surface area (Å²) in [7, 11) is 0. The topological polar surface area (TPSA) is 20.2 Å². The van der Waals surface area contributed by atoms with Crippen LogP contribution in [0.1, 0.15) is 32.1 Å². The van der Waals surface area contributed by atoms with E-state index in [0.29, 0.717) is 0 Å². The lowest BCUT2D eigenvalue weighted by Crippen LogP contribution is -2.16. The summed E-state index contributed by atoms with van der Waals surface area (Å²) in [4.78, 5) is 0. The van der Waals surface area contributed by atoms with E-state index in [1.807, 2.05) is 0 Å². The van der Waals surface area contributed by atoms with Crippen molar-refractivity contribution in [1.82, 2.24) is 0 Å². The number of rotatable bonds is 3. The number of fused-ring (bicyclic) bond motifs is 2. The van der Waals surface area contributed by atoms with Crippen LogP contribution in [0.15, 0.2) is 12.7 Å². The smallest absolute Gasteiger partial charge is 0.0721 e. The van der Waals surface area contributed by atoms with Gasteiger partial charge in [0.1, 0.15) is 0 Å². The van der Waals surface area contributed by atoms with E-state index in [2.05, 4.69) is 6.58 Å². The third kappa shape index (κ3) is 1.42. The molecular formula is C11H18O. The molecule has 0 aromatic rings. The fraction of sp³-hybridized carbons (Fsp3) is 0.818. The highest BCUT2D eigenvalue weighted by molar-refractivity contribution is 4.92. The predicted octanol–water partition coefficient (Wildman–Crippen LogP) is 2.36. The van der Waals surface area contributed by atoms with Crippen LogP contribution in [0, 0.1) is 17.8 Å². The Bertz CT molecular complexity index is 176. The summed E-state index contributed by atoms with van der Waals surface area (Å²) in [6.45, 7) is 3.61. The second kappa shape index (κ2) is 3.21. The van der Waals surface area contributed by atoms with Gasteiger partial charge in [-0.2, -0.15) is 0 Å². The van der Waals surface area contributed by atoms with Crippen LogP contribution in [0.25, 0.3) is 0 Å². The average Bonchev–Trinajstić information content (AvgIpc) is 2.64. The van der Waals surface area contributed by atoms with Gasteiger partial charge in [0.05, 0.1) is 6.10 Å². The molecule has 0 aromatic heterocycles. The molecule has 1 N–H and O–H groups in total. The highest BCUT2D eigenvalue weighted by atomic mass is 16.3. The van der Waals surface area contributed by atoms with Gasteiger partial charge in [0.2, 0.25) is 0 Å².